The number of carboxylic acids is 1. The quantitative estimate of drug-likeness (QED) is 0.555. The Morgan fingerprint density at radius 2 is 2.06 bits per heavy atom. The lowest BCUT2D eigenvalue weighted by atomic mass is 10.1. The summed E-state index contributed by atoms with van der Waals surface area (Å²) < 4.78 is 1.69. The molecule has 0 saturated carbocycles. The van der Waals surface area contributed by atoms with Gasteiger partial charge < -0.3 is 5.11 Å². The fraction of sp³-hybridized carbons (Fsp3) is 0.538. The molecule has 0 saturated heterocycles. The zero-order valence-electron chi connectivity index (χ0n) is 9.93. The van der Waals surface area contributed by atoms with E-state index < -0.39 is 5.97 Å². The van der Waals surface area contributed by atoms with Crippen LogP contribution in [-0.2, 0) is 6.54 Å². The summed E-state index contributed by atoms with van der Waals surface area (Å²) in [6.45, 7) is 0.780. The molecule has 1 rings (SSSR count). The van der Waals surface area contributed by atoms with Crippen molar-refractivity contribution in [2.75, 3.05) is 0 Å². The first-order chi connectivity index (χ1) is 8.24. The van der Waals surface area contributed by atoms with E-state index in [1.54, 1.807) is 10.9 Å². The molecule has 0 atom stereocenters. The zero-order valence-corrected chi connectivity index (χ0v) is 9.93. The van der Waals surface area contributed by atoms with E-state index in [2.05, 4.69) is 11.0 Å². The van der Waals surface area contributed by atoms with E-state index in [-0.39, 0.29) is 5.69 Å². The highest BCUT2D eigenvalue weighted by Crippen LogP contribution is 2.06. The van der Waals surface area contributed by atoms with Gasteiger partial charge in [0, 0.05) is 19.2 Å². The Balaban J connectivity index is 2.10. The van der Waals surface area contributed by atoms with Crippen molar-refractivity contribution in [3.05, 3.63) is 18.0 Å². The van der Waals surface area contributed by atoms with Crippen molar-refractivity contribution in [2.45, 2.75) is 45.1 Å². The largest absolute Gasteiger partial charge is 0.476 e. The molecule has 17 heavy (non-hydrogen) atoms. The predicted octanol–water partition coefficient (Wildman–Crippen LogP) is 2.56. The fourth-order valence-electron chi connectivity index (χ4n) is 1.63. The molecule has 0 fully saturated rings. The molecule has 1 N–H and O–H groups in total. The molecule has 1 heterocycles. The Hall–Kier alpha value is -1.76. The summed E-state index contributed by atoms with van der Waals surface area (Å²) in [5.41, 5.74) is 0.110. The molecule has 0 spiro atoms. The maximum Gasteiger partial charge on any atom is 0.356 e. The van der Waals surface area contributed by atoms with E-state index in [1.165, 1.54) is 18.9 Å². The van der Waals surface area contributed by atoms with E-state index in [4.69, 9.17) is 11.5 Å². The van der Waals surface area contributed by atoms with Crippen LogP contribution in [0.15, 0.2) is 12.3 Å². The van der Waals surface area contributed by atoms with Gasteiger partial charge in [0.15, 0.2) is 5.69 Å². The molecule has 0 radical (unpaired) electrons. The molecule has 0 aliphatic heterocycles. The molecule has 1 aromatic rings. The number of rotatable bonds is 8. The van der Waals surface area contributed by atoms with E-state index in [1.807, 2.05) is 0 Å². The number of hydrogen-bond donors (Lipinski definition) is 1. The van der Waals surface area contributed by atoms with Gasteiger partial charge in [0.2, 0.25) is 0 Å². The first kappa shape index (κ1) is 13.3. The molecule has 0 aromatic carbocycles. The number of carbonyl (C=O) groups is 1. The van der Waals surface area contributed by atoms with E-state index in [0.29, 0.717) is 0 Å². The minimum absolute atomic E-state index is 0.110. The first-order valence-corrected chi connectivity index (χ1v) is 5.94. The second-order valence-corrected chi connectivity index (χ2v) is 3.99. The average Bonchev–Trinajstić information content (AvgIpc) is 2.77. The van der Waals surface area contributed by atoms with Crippen LogP contribution in [0, 0.1) is 12.3 Å². The third kappa shape index (κ3) is 5.21. The first-order valence-electron chi connectivity index (χ1n) is 5.94. The normalized spacial score (nSPS) is 10.1. The van der Waals surface area contributed by atoms with Crippen molar-refractivity contribution in [3.63, 3.8) is 0 Å². The van der Waals surface area contributed by atoms with Crippen LogP contribution < -0.4 is 0 Å². The highest BCUT2D eigenvalue weighted by molar-refractivity contribution is 5.84. The Morgan fingerprint density at radius 3 is 2.71 bits per heavy atom. The van der Waals surface area contributed by atoms with Crippen LogP contribution in [0.2, 0.25) is 0 Å². The van der Waals surface area contributed by atoms with E-state index in [0.717, 1.165) is 32.2 Å². The molecule has 0 unspecified atom stereocenters. The lowest BCUT2D eigenvalue weighted by molar-refractivity contribution is 0.0689. The van der Waals surface area contributed by atoms with Crippen LogP contribution in [-0.4, -0.2) is 20.9 Å². The van der Waals surface area contributed by atoms with Gasteiger partial charge in [0.05, 0.1) is 0 Å². The molecule has 0 amide bonds. The molecular formula is C13H18N2O2. The number of hydrogen-bond acceptors (Lipinski definition) is 2. The van der Waals surface area contributed by atoms with Crippen LogP contribution in [0.3, 0.4) is 0 Å². The van der Waals surface area contributed by atoms with Gasteiger partial charge >= 0.3 is 5.97 Å². The molecule has 4 heteroatoms. The minimum Gasteiger partial charge on any atom is -0.476 e. The van der Waals surface area contributed by atoms with Crippen molar-refractivity contribution >= 4 is 5.97 Å². The van der Waals surface area contributed by atoms with Gasteiger partial charge in [0.1, 0.15) is 0 Å². The highest BCUT2D eigenvalue weighted by atomic mass is 16.4. The van der Waals surface area contributed by atoms with Gasteiger partial charge in [-0.2, -0.15) is 5.10 Å². The van der Waals surface area contributed by atoms with Crippen LogP contribution in [0.1, 0.15) is 49.0 Å². The molecular weight excluding hydrogens is 216 g/mol. The maximum absolute atomic E-state index is 10.6. The number of aryl methyl sites for hydroxylation is 1. The summed E-state index contributed by atoms with van der Waals surface area (Å²) in [6.07, 6.45) is 13.3. The lowest BCUT2D eigenvalue weighted by Crippen LogP contribution is -2.02. The third-order valence-electron chi connectivity index (χ3n) is 2.57. The molecule has 0 bridgehead atoms. The Kier molecular flexibility index (Phi) is 5.87. The Bertz CT molecular complexity index is 390. The van der Waals surface area contributed by atoms with Gasteiger partial charge in [0.25, 0.3) is 0 Å². The number of aromatic nitrogens is 2. The summed E-state index contributed by atoms with van der Waals surface area (Å²) in [5, 5.41) is 12.6. The van der Waals surface area contributed by atoms with Crippen LogP contribution in [0.4, 0.5) is 0 Å². The average molecular weight is 234 g/mol. The minimum atomic E-state index is -0.974. The number of carboxylic acid groups (broad SMARTS) is 1. The van der Waals surface area contributed by atoms with Crippen molar-refractivity contribution in [1.29, 1.82) is 0 Å². The monoisotopic (exact) mass is 234 g/mol. The lowest BCUT2D eigenvalue weighted by Gasteiger charge is -2.01. The van der Waals surface area contributed by atoms with Crippen LogP contribution in [0.25, 0.3) is 0 Å². The smallest absolute Gasteiger partial charge is 0.356 e. The number of terminal acetylenes is 1. The molecule has 0 aliphatic carbocycles. The molecule has 1 aromatic heterocycles. The molecule has 92 valence electrons. The van der Waals surface area contributed by atoms with Crippen molar-refractivity contribution in [3.8, 4) is 12.3 Å². The second kappa shape index (κ2) is 7.50. The molecule has 0 aliphatic rings. The number of nitrogens with zero attached hydrogens (tertiary/aromatic N) is 2. The van der Waals surface area contributed by atoms with Crippen molar-refractivity contribution < 1.29 is 9.90 Å². The van der Waals surface area contributed by atoms with Gasteiger partial charge in [-0.25, -0.2) is 4.79 Å². The summed E-state index contributed by atoms with van der Waals surface area (Å²) >= 11 is 0. The zero-order chi connectivity index (χ0) is 12.5. The summed E-state index contributed by atoms with van der Waals surface area (Å²) in [4.78, 5) is 10.6. The third-order valence-corrected chi connectivity index (χ3v) is 2.57. The van der Waals surface area contributed by atoms with Crippen molar-refractivity contribution in [2.24, 2.45) is 0 Å². The maximum atomic E-state index is 10.6. The second-order valence-electron chi connectivity index (χ2n) is 3.99. The predicted molar refractivity (Wildman–Crippen MR) is 65.7 cm³/mol. The van der Waals surface area contributed by atoms with Gasteiger partial charge in [-0.15, -0.1) is 12.3 Å². The molecule has 4 nitrogen and oxygen atoms in total. The highest BCUT2D eigenvalue weighted by Gasteiger charge is 2.05. The Morgan fingerprint density at radius 1 is 1.35 bits per heavy atom. The standard InChI is InChI=1S/C13H18N2O2/c1-2-3-4-5-6-7-8-10-15-11-9-12(14-15)13(16)17/h1,9,11H,3-8,10H2,(H,16,17). The SMILES string of the molecule is C#CCCCCCCCn1ccc(C(=O)O)n1. The van der Waals surface area contributed by atoms with Crippen molar-refractivity contribution in [1.82, 2.24) is 9.78 Å². The fourth-order valence-corrected chi connectivity index (χ4v) is 1.63. The van der Waals surface area contributed by atoms with Gasteiger partial charge in [-0.1, -0.05) is 19.3 Å². The number of unbranched alkanes of at least 4 members (excludes halogenated alkanes) is 5. The van der Waals surface area contributed by atoms with Gasteiger partial charge in [-0.05, 0) is 18.9 Å². The Labute approximate surface area is 102 Å². The number of aromatic carboxylic acids is 1. The summed E-state index contributed by atoms with van der Waals surface area (Å²) in [6, 6.07) is 1.52. The van der Waals surface area contributed by atoms with Gasteiger partial charge in [-0.3, -0.25) is 4.68 Å². The summed E-state index contributed by atoms with van der Waals surface area (Å²) in [7, 11) is 0. The summed E-state index contributed by atoms with van der Waals surface area (Å²) in [5.74, 6) is 1.65. The van der Waals surface area contributed by atoms with Crippen LogP contribution >= 0.6 is 0 Å². The van der Waals surface area contributed by atoms with E-state index >= 15 is 0 Å². The van der Waals surface area contributed by atoms with E-state index in [9.17, 15) is 4.79 Å². The van der Waals surface area contributed by atoms with Crippen LogP contribution in [0.5, 0.6) is 0 Å². The topological polar surface area (TPSA) is 55.1 Å².